The van der Waals surface area contributed by atoms with Crippen LogP contribution in [0.15, 0.2) is 0 Å². The average molecular weight is 242 g/mol. The highest BCUT2D eigenvalue weighted by molar-refractivity contribution is 5.82. The van der Waals surface area contributed by atoms with Crippen LogP contribution >= 0.6 is 0 Å². The van der Waals surface area contributed by atoms with Gasteiger partial charge in [0.15, 0.2) is 0 Å². The Morgan fingerprint density at radius 2 is 2.00 bits per heavy atom. The van der Waals surface area contributed by atoms with Crippen LogP contribution in [0.3, 0.4) is 0 Å². The number of carbonyl (C=O) groups is 2. The predicted molar refractivity (Wildman–Crippen MR) is 64.7 cm³/mol. The fourth-order valence-corrected chi connectivity index (χ4v) is 1.84. The lowest BCUT2D eigenvalue weighted by molar-refractivity contribution is -0.140. The number of nitrogens with zero attached hydrogens (tertiary/aromatic N) is 1. The summed E-state index contributed by atoms with van der Waals surface area (Å²) in [4.78, 5) is 24.3. The van der Waals surface area contributed by atoms with E-state index >= 15 is 0 Å². The molecule has 5 heteroatoms. The molecule has 0 bridgehead atoms. The monoisotopic (exact) mass is 242 g/mol. The number of rotatable bonds is 5. The van der Waals surface area contributed by atoms with Crippen molar-refractivity contribution < 1.29 is 14.7 Å². The summed E-state index contributed by atoms with van der Waals surface area (Å²) < 4.78 is 0. The third-order valence-corrected chi connectivity index (χ3v) is 3.34. The van der Waals surface area contributed by atoms with Crippen LogP contribution in [0.2, 0.25) is 0 Å². The van der Waals surface area contributed by atoms with Crippen molar-refractivity contribution >= 4 is 12.0 Å². The van der Waals surface area contributed by atoms with E-state index in [-0.39, 0.29) is 11.9 Å². The molecule has 0 aromatic carbocycles. The second-order valence-corrected chi connectivity index (χ2v) is 5.36. The average Bonchev–Trinajstić information content (AvgIpc) is 2.89. The zero-order chi connectivity index (χ0) is 13.2. The third-order valence-electron chi connectivity index (χ3n) is 3.34. The van der Waals surface area contributed by atoms with Gasteiger partial charge in [0.25, 0.3) is 0 Å². The molecule has 1 rings (SSSR count). The van der Waals surface area contributed by atoms with Gasteiger partial charge in [0.1, 0.15) is 6.04 Å². The fourth-order valence-electron chi connectivity index (χ4n) is 1.84. The summed E-state index contributed by atoms with van der Waals surface area (Å²) >= 11 is 0. The van der Waals surface area contributed by atoms with Crippen molar-refractivity contribution in [3.63, 3.8) is 0 Å². The Hall–Kier alpha value is -1.26. The Labute approximate surface area is 102 Å². The van der Waals surface area contributed by atoms with Gasteiger partial charge < -0.3 is 15.3 Å². The molecule has 1 aliphatic carbocycles. The molecule has 5 nitrogen and oxygen atoms in total. The van der Waals surface area contributed by atoms with Crippen LogP contribution in [-0.4, -0.2) is 41.6 Å². The normalized spacial score (nSPS) is 24.3. The van der Waals surface area contributed by atoms with E-state index < -0.39 is 12.0 Å². The molecule has 0 spiro atoms. The molecule has 0 aromatic heterocycles. The van der Waals surface area contributed by atoms with Crippen LogP contribution in [0.25, 0.3) is 0 Å². The maximum Gasteiger partial charge on any atom is 0.326 e. The number of carbonyl (C=O) groups excluding carboxylic acids is 1. The first-order chi connectivity index (χ1) is 7.82. The Kier molecular flexibility index (Phi) is 4.37. The van der Waals surface area contributed by atoms with Crippen LogP contribution in [0.5, 0.6) is 0 Å². The molecule has 2 unspecified atom stereocenters. The zero-order valence-corrected chi connectivity index (χ0v) is 10.9. The largest absolute Gasteiger partial charge is 0.480 e. The first-order valence-electron chi connectivity index (χ1n) is 6.07. The number of carboxylic acid groups (broad SMARTS) is 1. The molecule has 98 valence electrons. The molecule has 0 radical (unpaired) electrons. The highest BCUT2D eigenvalue weighted by atomic mass is 16.4. The maximum atomic E-state index is 11.8. The molecule has 17 heavy (non-hydrogen) atoms. The van der Waals surface area contributed by atoms with Gasteiger partial charge in [-0.2, -0.15) is 0 Å². The van der Waals surface area contributed by atoms with E-state index in [2.05, 4.69) is 12.2 Å². The standard InChI is InChI=1S/C12H22N2O3/c1-7(2)10(11(15)16)13-12(17)14(4)6-9-5-8(9)3/h7-10H,5-6H2,1-4H3,(H,13,17)(H,15,16)/t8?,9?,10-/m0/s1. The molecule has 0 saturated heterocycles. The van der Waals surface area contributed by atoms with Gasteiger partial charge in [0.2, 0.25) is 0 Å². The van der Waals surface area contributed by atoms with Gasteiger partial charge >= 0.3 is 12.0 Å². The summed E-state index contributed by atoms with van der Waals surface area (Å²) in [6, 6.07) is -1.12. The van der Waals surface area contributed by atoms with E-state index in [1.165, 1.54) is 0 Å². The van der Waals surface area contributed by atoms with Gasteiger partial charge in [-0.15, -0.1) is 0 Å². The quantitative estimate of drug-likeness (QED) is 0.765. The van der Waals surface area contributed by atoms with Crippen molar-refractivity contribution in [2.45, 2.75) is 33.2 Å². The van der Waals surface area contributed by atoms with Crippen molar-refractivity contribution in [3.05, 3.63) is 0 Å². The molecule has 1 fully saturated rings. The number of aliphatic carboxylic acids is 1. The van der Waals surface area contributed by atoms with Gasteiger partial charge in [-0.3, -0.25) is 0 Å². The fraction of sp³-hybridized carbons (Fsp3) is 0.833. The van der Waals surface area contributed by atoms with Crippen molar-refractivity contribution in [2.75, 3.05) is 13.6 Å². The second-order valence-electron chi connectivity index (χ2n) is 5.36. The topological polar surface area (TPSA) is 69.6 Å². The SMILES string of the molecule is CC1CC1CN(C)C(=O)N[C@H](C(=O)O)C(C)C. The minimum atomic E-state index is -0.985. The van der Waals surface area contributed by atoms with Crippen LogP contribution in [0.1, 0.15) is 27.2 Å². The first kappa shape index (κ1) is 13.8. The number of carboxylic acids is 1. The van der Waals surface area contributed by atoms with E-state index in [4.69, 9.17) is 5.11 Å². The smallest absolute Gasteiger partial charge is 0.326 e. The van der Waals surface area contributed by atoms with E-state index in [1.54, 1.807) is 25.8 Å². The van der Waals surface area contributed by atoms with E-state index in [1.807, 2.05) is 0 Å². The minimum Gasteiger partial charge on any atom is -0.480 e. The molecular formula is C12H22N2O3. The lowest BCUT2D eigenvalue weighted by Gasteiger charge is -2.23. The van der Waals surface area contributed by atoms with Crippen molar-refractivity contribution in [3.8, 4) is 0 Å². The van der Waals surface area contributed by atoms with Crippen molar-refractivity contribution in [1.82, 2.24) is 10.2 Å². The van der Waals surface area contributed by atoms with E-state index in [0.717, 1.165) is 6.42 Å². The van der Waals surface area contributed by atoms with Crippen molar-refractivity contribution in [1.29, 1.82) is 0 Å². The molecular weight excluding hydrogens is 220 g/mol. The Bertz CT molecular complexity index is 304. The van der Waals surface area contributed by atoms with Crippen molar-refractivity contribution in [2.24, 2.45) is 17.8 Å². The predicted octanol–water partition coefficient (Wildman–Crippen LogP) is 1.39. The third kappa shape index (κ3) is 3.91. The van der Waals surface area contributed by atoms with E-state index in [0.29, 0.717) is 18.4 Å². The number of nitrogens with one attached hydrogen (secondary N) is 1. The molecule has 0 heterocycles. The highest BCUT2D eigenvalue weighted by Gasteiger charge is 2.34. The lowest BCUT2D eigenvalue weighted by atomic mass is 10.1. The van der Waals surface area contributed by atoms with Gasteiger partial charge in [-0.05, 0) is 24.2 Å². The molecule has 1 aliphatic rings. The first-order valence-corrected chi connectivity index (χ1v) is 6.07. The van der Waals surface area contributed by atoms with Crippen LogP contribution in [-0.2, 0) is 4.79 Å². The highest BCUT2D eigenvalue weighted by Crippen LogP contribution is 2.37. The molecule has 2 amide bonds. The molecule has 0 aromatic rings. The summed E-state index contributed by atoms with van der Waals surface area (Å²) in [5.41, 5.74) is 0. The lowest BCUT2D eigenvalue weighted by Crippen LogP contribution is -2.49. The number of hydrogen-bond acceptors (Lipinski definition) is 2. The number of urea groups is 1. The maximum absolute atomic E-state index is 11.8. The van der Waals surface area contributed by atoms with Crippen LogP contribution in [0.4, 0.5) is 4.79 Å². The molecule has 3 atom stereocenters. The molecule has 0 aliphatic heterocycles. The zero-order valence-electron chi connectivity index (χ0n) is 10.9. The Morgan fingerprint density at radius 1 is 1.47 bits per heavy atom. The van der Waals surface area contributed by atoms with Crippen LogP contribution < -0.4 is 5.32 Å². The molecule has 1 saturated carbocycles. The summed E-state index contributed by atoms with van der Waals surface area (Å²) in [6.45, 7) is 6.42. The van der Waals surface area contributed by atoms with Gasteiger partial charge in [0.05, 0.1) is 0 Å². The van der Waals surface area contributed by atoms with Gasteiger partial charge in [-0.25, -0.2) is 9.59 Å². The van der Waals surface area contributed by atoms with Gasteiger partial charge in [-0.1, -0.05) is 20.8 Å². The van der Waals surface area contributed by atoms with Crippen LogP contribution in [0, 0.1) is 17.8 Å². The summed E-state index contributed by atoms with van der Waals surface area (Å²) in [6.07, 6.45) is 1.16. The summed E-state index contributed by atoms with van der Waals surface area (Å²) in [5.74, 6) is 0.157. The van der Waals surface area contributed by atoms with E-state index in [9.17, 15) is 9.59 Å². The minimum absolute atomic E-state index is 0.121. The number of hydrogen-bond donors (Lipinski definition) is 2. The Balaban J connectivity index is 2.43. The van der Waals surface area contributed by atoms with Gasteiger partial charge in [0, 0.05) is 13.6 Å². The second kappa shape index (κ2) is 5.38. The summed E-state index contributed by atoms with van der Waals surface area (Å²) in [7, 11) is 1.71. The molecule has 2 N–H and O–H groups in total. The summed E-state index contributed by atoms with van der Waals surface area (Å²) in [5, 5.41) is 11.5. The Morgan fingerprint density at radius 3 is 2.35 bits per heavy atom. The number of amides is 2.